The number of carbonyl (C=O) groups excluding carboxylic acids is 1. The molecule has 1 fully saturated rings. The summed E-state index contributed by atoms with van der Waals surface area (Å²) in [4.78, 5) is 23.1. The fourth-order valence-corrected chi connectivity index (χ4v) is 3.64. The highest BCUT2D eigenvalue weighted by Crippen LogP contribution is 2.29. The first kappa shape index (κ1) is 19.3. The standard InChI is InChI=1S/C19H16F3N5OS/c20-19(21,22)13-5-3-12(4-6-13)17(28)25-18-24-16(26-29-18)15-11-14(7-8-23-15)27-9-1-2-10-27/h3-8,11H,1-2,9-10H2,(H,24,25,26,28). The van der Waals surface area contributed by atoms with Gasteiger partial charge in [0.15, 0.2) is 5.82 Å². The average molecular weight is 419 g/mol. The summed E-state index contributed by atoms with van der Waals surface area (Å²) in [5.41, 5.74) is 0.943. The molecule has 1 amide bonds. The summed E-state index contributed by atoms with van der Waals surface area (Å²) in [6.45, 7) is 2.00. The van der Waals surface area contributed by atoms with Crippen molar-refractivity contribution in [3.63, 3.8) is 0 Å². The molecular formula is C19H16F3N5OS. The highest BCUT2D eigenvalue weighted by molar-refractivity contribution is 7.10. The first-order valence-corrected chi connectivity index (χ1v) is 9.71. The third kappa shape index (κ3) is 4.37. The zero-order valence-corrected chi connectivity index (χ0v) is 15.9. The van der Waals surface area contributed by atoms with Gasteiger partial charge in [-0.2, -0.15) is 22.5 Å². The molecular weight excluding hydrogens is 403 g/mol. The van der Waals surface area contributed by atoms with E-state index >= 15 is 0 Å². The van der Waals surface area contributed by atoms with Gasteiger partial charge >= 0.3 is 6.18 Å². The molecule has 0 unspecified atom stereocenters. The van der Waals surface area contributed by atoms with Gasteiger partial charge in [0.05, 0.1) is 5.56 Å². The number of alkyl halides is 3. The average Bonchev–Trinajstić information content (AvgIpc) is 3.40. The Morgan fingerprint density at radius 1 is 1.10 bits per heavy atom. The van der Waals surface area contributed by atoms with Gasteiger partial charge < -0.3 is 4.90 Å². The quantitative estimate of drug-likeness (QED) is 0.676. The Hall–Kier alpha value is -3.01. The van der Waals surface area contributed by atoms with Crippen LogP contribution in [0.5, 0.6) is 0 Å². The largest absolute Gasteiger partial charge is 0.416 e. The van der Waals surface area contributed by atoms with Crippen LogP contribution in [0.3, 0.4) is 0 Å². The lowest BCUT2D eigenvalue weighted by atomic mass is 10.1. The lowest BCUT2D eigenvalue weighted by Crippen LogP contribution is -2.17. The van der Waals surface area contributed by atoms with Crippen molar-refractivity contribution in [3.8, 4) is 11.5 Å². The Labute approximate surface area is 168 Å². The van der Waals surface area contributed by atoms with Gasteiger partial charge in [0.25, 0.3) is 5.91 Å². The molecule has 0 bridgehead atoms. The lowest BCUT2D eigenvalue weighted by Gasteiger charge is -2.17. The van der Waals surface area contributed by atoms with Gasteiger partial charge in [-0.15, -0.1) is 0 Å². The number of amides is 1. The van der Waals surface area contributed by atoms with E-state index in [1.807, 2.05) is 12.1 Å². The van der Waals surface area contributed by atoms with Crippen molar-refractivity contribution in [3.05, 3.63) is 53.7 Å². The predicted molar refractivity (Wildman–Crippen MR) is 104 cm³/mol. The van der Waals surface area contributed by atoms with E-state index in [1.165, 1.54) is 0 Å². The third-order valence-corrected chi connectivity index (χ3v) is 5.20. The van der Waals surface area contributed by atoms with Gasteiger partial charge in [-0.1, -0.05) is 0 Å². The van der Waals surface area contributed by atoms with Crippen LogP contribution in [0.1, 0.15) is 28.8 Å². The zero-order valence-electron chi connectivity index (χ0n) is 15.1. The first-order valence-electron chi connectivity index (χ1n) is 8.94. The smallest absolute Gasteiger partial charge is 0.371 e. The van der Waals surface area contributed by atoms with Crippen molar-refractivity contribution >= 4 is 28.3 Å². The number of hydrogen-bond acceptors (Lipinski definition) is 6. The molecule has 1 saturated heterocycles. The van der Waals surface area contributed by atoms with Gasteiger partial charge in [0, 0.05) is 42.1 Å². The minimum atomic E-state index is -4.44. The maximum Gasteiger partial charge on any atom is 0.416 e. The molecule has 4 rings (SSSR count). The molecule has 2 aromatic heterocycles. The lowest BCUT2D eigenvalue weighted by molar-refractivity contribution is -0.137. The second-order valence-electron chi connectivity index (χ2n) is 6.55. The summed E-state index contributed by atoms with van der Waals surface area (Å²) in [5, 5.41) is 2.81. The number of rotatable bonds is 4. The van der Waals surface area contributed by atoms with E-state index in [-0.39, 0.29) is 10.7 Å². The molecule has 0 spiro atoms. The van der Waals surface area contributed by atoms with Crippen LogP contribution in [0.15, 0.2) is 42.6 Å². The summed E-state index contributed by atoms with van der Waals surface area (Å²) in [7, 11) is 0. The number of halogens is 3. The Kier molecular flexibility index (Phi) is 5.18. The Balaban J connectivity index is 1.47. The number of pyridine rings is 1. The Bertz CT molecular complexity index is 1010. The number of carbonyl (C=O) groups is 1. The summed E-state index contributed by atoms with van der Waals surface area (Å²) >= 11 is 0.986. The number of anilines is 2. The van der Waals surface area contributed by atoms with Crippen molar-refractivity contribution in [2.45, 2.75) is 19.0 Å². The second kappa shape index (κ2) is 7.78. The number of benzene rings is 1. The van der Waals surface area contributed by atoms with Gasteiger partial charge in [-0.3, -0.25) is 15.1 Å². The molecule has 29 heavy (non-hydrogen) atoms. The van der Waals surface area contributed by atoms with Crippen LogP contribution in [-0.2, 0) is 6.18 Å². The van der Waals surface area contributed by atoms with Crippen molar-refractivity contribution in [1.29, 1.82) is 0 Å². The zero-order chi connectivity index (χ0) is 20.4. The van der Waals surface area contributed by atoms with Gasteiger partial charge in [0.1, 0.15) is 5.69 Å². The predicted octanol–water partition coefficient (Wildman–Crippen LogP) is 4.47. The number of nitrogens with one attached hydrogen (secondary N) is 1. The molecule has 0 radical (unpaired) electrons. The fourth-order valence-electron chi connectivity index (χ4n) is 3.07. The van der Waals surface area contributed by atoms with Gasteiger partial charge in [0.2, 0.25) is 5.13 Å². The molecule has 1 aliphatic heterocycles. The molecule has 1 aromatic carbocycles. The molecule has 0 saturated carbocycles. The monoisotopic (exact) mass is 419 g/mol. The van der Waals surface area contributed by atoms with Gasteiger partial charge in [-0.05, 0) is 49.2 Å². The van der Waals surface area contributed by atoms with E-state index in [9.17, 15) is 18.0 Å². The number of hydrogen-bond donors (Lipinski definition) is 1. The molecule has 6 nitrogen and oxygen atoms in total. The minimum Gasteiger partial charge on any atom is -0.371 e. The fraction of sp³-hybridized carbons (Fsp3) is 0.263. The number of aromatic nitrogens is 3. The van der Waals surface area contributed by atoms with Crippen LogP contribution in [0.25, 0.3) is 11.5 Å². The van der Waals surface area contributed by atoms with Crippen LogP contribution in [-0.4, -0.2) is 33.3 Å². The van der Waals surface area contributed by atoms with Crippen molar-refractivity contribution in [1.82, 2.24) is 14.3 Å². The second-order valence-corrected chi connectivity index (χ2v) is 7.30. The third-order valence-electron chi connectivity index (χ3n) is 4.56. The first-order chi connectivity index (χ1) is 13.9. The molecule has 1 N–H and O–H groups in total. The molecule has 3 aromatic rings. The Morgan fingerprint density at radius 2 is 1.83 bits per heavy atom. The van der Waals surface area contributed by atoms with Crippen molar-refractivity contribution in [2.24, 2.45) is 0 Å². The van der Waals surface area contributed by atoms with Gasteiger partial charge in [-0.25, -0.2) is 0 Å². The summed E-state index contributed by atoms with van der Waals surface area (Å²) in [6.07, 6.45) is -0.427. The highest BCUT2D eigenvalue weighted by atomic mass is 32.1. The highest BCUT2D eigenvalue weighted by Gasteiger charge is 2.30. The summed E-state index contributed by atoms with van der Waals surface area (Å²) in [5.74, 6) is -0.168. The molecule has 1 aliphatic rings. The van der Waals surface area contributed by atoms with Crippen molar-refractivity contribution < 1.29 is 18.0 Å². The van der Waals surface area contributed by atoms with E-state index < -0.39 is 17.6 Å². The topological polar surface area (TPSA) is 71.0 Å². The maximum absolute atomic E-state index is 12.6. The van der Waals surface area contributed by atoms with Crippen LogP contribution < -0.4 is 10.2 Å². The summed E-state index contributed by atoms with van der Waals surface area (Å²) < 4.78 is 42.1. The van der Waals surface area contributed by atoms with E-state index in [4.69, 9.17) is 0 Å². The Morgan fingerprint density at radius 3 is 2.52 bits per heavy atom. The van der Waals surface area contributed by atoms with Crippen LogP contribution in [0.4, 0.5) is 24.0 Å². The van der Waals surface area contributed by atoms with E-state index in [0.717, 1.165) is 67.4 Å². The normalized spacial score (nSPS) is 14.2. The van der Waals surface area contributed by atoms with Crippen LogP contribution >= 0.6 is 11.5 Å². The van der Waals surface area contributed by atoms with Crippen LogP contribution in [0, 0.1) is 0 Å². The van der Waals surface area contributed by atoms with Crippen molar-refractivity contribution in [2.75, 3.05) is 23.3 Å². The van der Waals surface area contributed by atoms with E-state index in [1.54, 1.807) is 6.20 Å². The molecule has 10 heteroatoms. The molecule has 3 heterocycles. The molecule has 0 atom stereocenters. The van der Waals surface area contributed by atoms with E-state index in [0.29, 0.717) is 11.5 Å². The minimum absolute atomic E-state index is 0.101. The molecule has 150 valence electrons. The van der Waals surface area contributed by atoms with E-state index in [2.05, 4.69) is 24.6 Å². The maximum atomic E-state index is 12.6. The number of nitrogens with zero attached hydrogens (tertiary/aromatic N) is 4. The SMILES string of the molecule is O=C(Nc1nc(-c2cc(N3CCCC3)ccn2)ns1)c1ccc(C(F)(F)F)cc1. The van der Waals surface area contributed by atoms with Crippen LogP contribution in [0.2, 0.25) is 0 Å². The summed E-state index contributed by atoms with van der Waals surface area (Å²) in [6, 6.07) is 7.84. The molecule has 0 aliphatic carbocycles.